The average molecular weight is 424 g/mol. The van der Waals surface area contributed by atoms with Gasteiger partial charge in [-0.15, -0.1) is 0 Å². The fourth-order valence-electron chi connectivity index (χ4n) is 3.07. The van der Waals surface area contributed by atoms with Crippen LogP contribution < -0.4 is 0 Å². The third kappa shape index (κ3) is 4.08. The molecule has 1 atom stereocenters. The Bertz CT molecular complexity index is 657. The van der Waals surface area contributed by atoms with Gasteiger partial charge in [-0.25, -0.2) is 8.42 Å². The zero-order valence-electron chi connectivity index (χ0n) is 12.7. The van der Waals surface area contributed by atoms with Gasteiger partial charge in [0.2, 0.25) is 10.0 Å². The third-order valence-electron chi connectivity index (χ3n) is 4.38. The second-order valence-electron chi connectivity index (χ2n) is 6.01. The van der Waals surface area contributed by atoms with Gasteiger partial charge in [0.05, 0.1) is 11.6 Å². The van der Waals surface area contributed by atoms with E-state index in [0.717, 1.165) is 43.7 Å². The highest BCUT2D eigenvalue weighted by molar-refractivity contribution is 9.10. The van der Waals surface area contributed by atoms with E-state index in [-0.39, 0.29) is 9.92 Å². The van der Waals surface area contributed by atoms with Crippen molar-refractivity contribution in [3.8, 4) is 0 Å². The standard InChI is InChI=1S/C15H20BrClN2O3S/c16-13-1-2-15(14(17)9-13)23(20,21)19-6-4-18(5-7-19)10-12-3-8-22-11-12/h1-2,9,12H,3-8,10-11H2. The number of rotatable bonds is 4. The summed E-state index contributed by atoms with van der Waals surface area (Å²) >= 11 is 9.41. The summed E-state index contributed by atoms with van der Waals surface area (Å²) in [5.74, 6) is 0.582. The first-order valence-corrected chi connectivity index (χ1v) is 10.3. The fraction of sp³-hybridized carbons (Fsp3) is 0.600. The molecule has 0 saturated carbocycles. The summed E-state index contributed by atoms with van der Waals surface area (Å²) in [5.41, 5.74) is 0. The Hall–Kier alpha value is -0.180. The maximum Gasteiger partial charge on any atom is 0.244 e. The van der Waals surface area contributed by atoms with Crippen molar-refractivity contribution < 1.29 is 13.2 Å². The Morgan fingerprint density at radius 1 is 1.26 bits per heavy atom. The van der Waals surface area contributed by atoms with Crippen LogP contribution in [0.3, 0.4) is 0 Å². The topological polar surface area (TPSA) is 49.9 Å². The van der Waals surface area contributed by atoms with E-state index < -0.39 is 10.0 Å². The van der Waals surface area contributed by atoms with E-state index in [2.05, 4.69) is 20.8 Å². The Morgan fingerprint density at radius 3 is 2.61 bits per heavy atom. The van der Waals surface area contributed by atoms with Crippen LogP contribution in [0.15, 0.2) is 27.6 Å². The van der Waals surface area contributed by atoms with E-state index in [1.165, 1.54) is 4.31 Å². The number of halogens is 2. The molecule has 8 heteroatoms. The summed E-state index contributed by atoms with van der Waals surface area (Å²) < 4.78 is 33.2. The highest BCUT2D eigenvalue weighted by atomic mass is 79.9. The molecule has 0 amide bonds. The van der Waals surface area contributed by atoms with Crippen LogP contribution in [-0.4, -0.2) is 63.6 Å². The highest BCUT2D eigenvalue weighted by Gasteiger charge is 2.31. The molecule has 23 heavy (non-hydrogen) atoms. The number of hydrogen-bond acceptors (Lipinski definition) is 4. The van der Waals surface area contributed by atoms with Gasteiger partial charge in [-0.2, -0.15) is 4.31 Å². The second kappa shape index (κ2) is 7.37. The Morgan fingerprint density at radius 2 is 2.00 bits per heavy atom. The van der Waals surface area contributed by atoms with Gasteiger partial charge in [-0.3, -0.25) is 0 Å². The molecule has 1 unspecified atom stereocenters. The normalized spacial score (nSPS) is 24.2. The summed E-state index contributed by atoms with van der Waals surface area (Å²) in [5, 5.41) is 0.255. The number of hydrogen-bond donors (Lipinski definition) is 0. The zero-order chi connectivity index (χ0) is 16.4. The van der Waals surface area contributed by atoms with Crippen molar-refractivity contribution in [1.82, 2.24) is 9.21 Å². The lowest BCUT2D eigenvalue weighted by atomic mass is 10.1. The van der Waals surface area contributed by atoms with Gasteiger partial charge < -0.3 is 9.64 Å². The summed E-state index contributed by atoms with van der Waals surface area (Å²) in [7, 11) is -3.53. The molecule has 2 heterocycles. The lowest BCUT2D eigenvalue weighted by Gasteiger charge is -2.35. The molecule has 2 saturated heterocycles. The molecule has 0 bridgehead atoms. The molecule has 0 aromatic heterocycles. The monoisotopic (exact) mass is 422 g/mol. The van der Waals surface area contributed by atoms with Crippen molar-refractivity contribution in [1.29, 1.82) is 0 Å². The van der Waals surface area contributed by atoms with Gasteiger partial charge in [0.25, 0.3) is 0 Å². The lowest BCUT2D eigenvalue weighted by molar-refractivity contribution is 0.143. The molecule has 0 radical (unpaired) electrons. The minimum absolute atomic E-state index is 0.181. The minimum atomic E-state index is -3.53. The molecule has 2 aliphatic heterocycles. The van der Waals surface area contributed by atoms with Crippen LogP contribution in [0, 0.1) is 5.92 Å². The van der Waals surface area contributed by atoms with E-state index in [4.69, 9.17) is 16.3 Å². The van der Waals surface area contributed by atoms with Gasteiger partial charge in [0, 0.05) is 43.8 Å². The molecule has 5 nitrogen and oxygen atoms in total. The number of benzene rings is 1. The van der Waals surface area contributed by atoms with E-state index >= 15 is 0 Å². The number of piperazine rings is 1. The van der Waals surface area contributed by atoms with Crippen molar-refractivity contribution in [3.05, 3.63) is 27.7 Å². The lowest BCUT2D eigenvalue weighted by Crippen LogP contribution is -2.49. The van der Waals surface area contributed by atoms with Crippen molar-refractivity contribution in [2.24, 2.45) is 5.92 Å². The molecule has 2 fully saturated rings. The first-order chi connectivity index (χ1) is 11.0. The largest absolute Gasteiger partial charge is 0.381 e. The molecule has 1 aromatic carbocycles. The van der Waals surface area contributed by atoms with Crippen molar-refractivity contribution >= 4 is 37.6 Å². The van der Waals surface area contributed by atoms with E-state index in [1.54, 1.807) is 18.2 Å². The third-order valence-corrected chi connectivity index (χ3v) is 7.26. The molecular formula is C15H20BrClN2O3S. The first-order valence-electron chi connectivity index (χ1n) is 7.72. The maximum atomic E-state index is 12.8. The van der Waals surface area contributed by atoms with Crippen LogP contribution in [0.25, 0.3) is 0 Å². The fourth-order valence-corrected chi connectivity index (χ4v) is 5.50. The molecule has 1 aromatic rings. The van der Waals surface area contributed by atoms with E-state index in [9.17, 15) is 8.42 Å². The molecule has 128 valence electrons. The predicted octanol–water partition coefficient (Wildman–Crippen LogP) is 2.45. The molecule has 0 aliphatic carbocycles. The second-order valence-corrected chi connectivity index (χ2v) is 9.24. The summed E-state index contributed by atoms with van der Waals surface area (Å²) in [6.45, 7) is 5.18. The molecule has 2 aliphatic rings. The average Bonchev–Trinajstić information content (AvgIpc) is 3.00. The molecular weight excluding hydrogens is 404 g/mol. The maximum absolute atomic E-state index is 12.8. The van der Waals surface area contributed by atoms with Crippen LogP contribution in [0.2, 0.25) is 5.02 Å². The Kier molecular flexibility index (Phi) is 5.65. The van der Waals surface area contributed by atoms with Crippen LogP contribution in [0.4, 0.5) is 0 Å². The van der Waals surface area contributed by atoms with Gasteiger partial charge >= 0.3 is 0 Å². The Balaban J connectivity index is 1.63. The Labute approximate surface area is 150 Å². The van der Waals surface area contributed by atoms with Crippen LogP contribution in [0.1, 0.15) is 6.42 Å². The van der Waals surface area contributed by atoms with Crippen LogP contribution >= 0.6 is 27.5 Å². The zero-order valence-corrected chi connectivity index (χ0v) is 15.9. The minimum Gasteiger partial charge on any atom is -0.381 e. The highest BCUT2D eigenvalue weighted by Crippen LogP contribution is 2.28. The number of sulfonamides is 1. The predicted molar refractivity (Wildman–Crippen MR) is 93.3 cm³/mol. The van der Waals surface area contributed by atoms with Crippen LogP contribution in [-0.2, 0) is 14.8 Å². The molecule has 0 N–H and O–H groups in total. The molecule has 0 spiro atoms. The van der Waals surface area contributed by atoms with Gasteiger partial charge in [0.15, 0.2) is 0 Å². The number of nitrogens with zero attached hydrogens (tertiary/aromatic N) is 2. The number of ether oxygens (including phenoxy) is 1. The van der Waals surface area contributed by atoms with E-state index in [0.29, 0.717) is 19.0 Å². The summed E-state index contributed by atoms with van der Waals surface area (Å²) in [4.78, 5) is 2.51. The van der Waals surface area contributed by atoms with Gasteiger partial charge in [-0.05, 0) is 30.5 Å². The molecule has 3 rings (SSSR count). The summed E-state index contributed by atoms with van der Waals surface area (Å²) in [6, 6.07) is 4.88. The van der Waals surface area contributed by atoms with Crippen molar-refractivity contribution in [3.63, 3.8) is 0 Å². The first kappa shape index (κ1) is 17.6. The van der Waals surface area contributed by atoms with Gasteiger partial charge in [-0.1, -0.05) is 27.5 Å². The smallest absolute Gasteiger partial charge is 0.244 e. The SMILES string of the molecule is O=S(=O)(c1ccc(Br)cc1Cl)N1CCN(CC2CCOC2)CC1. The van der Waals surface area contributed by atoms with Crippen LogP contribution in [0.5, 0.6) is 0 Å². The quantitative estimate of drug-likeness (QED) is 0.746. The van der Waals surface area contributed by atoms with Crippen molar-refractivity contribution in [2.75, 3.05) is 45.9 Å². The van der Waals surface area contributed by atoms with Gasteiger partial charge in [0.1, 0.15) is 4.90 Å². The van der Waals surface area contributed by atoms with E-state index in [1.807, 2.05) is 0 Å². The summed E-state index contributed by atoms with van der Waals surface area (Å²) in [6.07, 6.45) is 1.10. The van der Waals surface area contributed by atoms with Crippen molar-refractivity contribution in [2.45, 2.75) is 11.3 Å².